The zero-order valence-corrected chi connectivity index (χ0v) is 11.9. The van der Waals surface area contributed by atoms with Crippen molar-refractivity contribution in [2.75, 3.05) is 10.8 Å². The molecular weight excluding hydrogens is 264 g/mol. The first kappa shape index (κ1) is 13.5. The van der Waals surface area contributed by atoms with Gasteiger partial charge in [0.05, 0.1) is 17.6 Å². The van der Waals surface area contributed by atoms with Gasteiger partial charge >= 0.3 is 0 Å². The molecule has 7 heteroatoms. The Kier molecular flexibility index (Phi) is 3.57. The Hall–Kier alpha value is -1.89. The Morgan fingerprint density at radius 3 is 2.58 bits per heavy atom. The summed E-state index contributed by atoms with van der Waals surface area (Å²) in [5.41, 5.74) is 1.27. The third-order valence-corrected chi connectivity index (χ3v) is 4.83. The Labute approximate surface area is 112 Å². The summed E-state index contributed by atoms with van der Waals surface area (Å²) in [6.45, 7) is 3.91. The first-order chi connectivity index (χ1) is 8.98. The highest BCUT2D eigenvalue weighted by Gasteiger charge is 2.27. The summed E-state index contributed by atoms with van der Waals surface area (Å²) in [4.78, 5) is 4.14. The molecule has 0 aliphatic heterocycles. The van der Waals surface area contributed by atoms with Crippen LogP contribution in [0.15, 0.2) is 35.6 Å². The molecule has 102 valence electrons. The van der Waals surface area contributed by atoms with E-state index in [-0.39, 0.29) is 5.03 Å². The second kappa shape index (κ2) is 5.00. The summed E-state index contributed by atoms with van der Waals surface area (Å²) >= 11 is 0. The molecule has 0 saturated carbocycles. The lowest BCUT2D eigenvalue weighted by Crippen LogP contribution is -2.32. The maximum Gasteiger partial charge on any atom is 0.281 e. The zero-order chi connectivity index (χ0) is 14.0. The summed E-state index contributed by atoms with van der Waals surface area (Å²) in [6.07, 6.45) is 3.11. The number of sulfonamides is 1. The number of nitrogens with zero attached hydrogens (tertiary/aromatic N) is 4. The zero-order valence-electron chi connectivity index (χ0n) is 11.1. The van der Waals surface area contributed by atoms with E-state index in [0.717, 1.165) is 0 Å². The Morgan fingerprint density at radius 1 is 1.32 bits per heavy atom. The molecule has 0 saturated heterocycles. The van der Waals surface area contributed by atoms with Crippen molar-refractivity contribution in [3.8, 4) is 0 Å². The van der Waals surface area contributed by atoms with E-state index < -0.39 is 10.0 Å². The molecule has 0 aromatic carbocycles. The monoisotopic (exact) mass is 280 g/mol. The number of anilines is 1. The van der Waals surface area contributed by atoms with Gasteiger partial charge in [-0.2, -0.15) is 13.5 Å². The van der Waals surface area contributed by atoms with Gasteiger partial charge < -0.3 is 0 Å². The summed E-state index contributed by atoms with van der Waals surface area (Å²) in [7, 11) is -2.01. The molecule has 0 radical (unpaired) electrons. The van der Waals surface area contributed by atoms with E-state index in [4.69, 9.17) is 0 Å². The van der Waals surface area contributed by atoms with E-state index in [1.807, 2.05) is 0 Å². The second-order valence-corrected chi connectivity index (χ2v) is 5.88. The van der Waals surface area contributed by atoms with Gasteiger partial charge in [-0.15, -0.1) is 0 Å². The molecule has 0 N–H and O–H groups in total. The van der Waals surface area contributed by atoms with Crippen molar-refractivity contribution in [3.05, 3.63) is 36.3 Å². The number of hydrogen-bond donors (Lipinski definition) is 0. The largest absolute Gasteiger partial charge is 0.281 e. The van der Waals surface area contributed by atoms with Crippen LogP contribution < -0.4 is 4.31 Å². The average Bonchev–Trinajstić information content (AvgIpc) is 2.79. The summed E-state index contributed by atoms with van der Waals surface area (Å²) in [5, 5.41) is 4.08. The van der Waals surface area contributed by atoms with E-state index >= 15 is 0 Å². The molecule has 6 nitrogen and oxygen atoms in total. The van der Waals surface area contributed by atoms with Crippen molar-refractivity contribution in [2.45, 2.75) is 18.9 Å². The van der Waals surface area contributed by atoms with Gasteiger partial charge in [0.25, 0.3) is 10.0 Å². The normalized spacial score (nSPS) is 11.5. The molecule has 0 amide bonds. The van der Waals surface area contributed by atoms with Gasteiger partial charge in [-0.3, -0.25) is 14.0 Å². The minimum absolute atomic E-state index is 0.164. The first-order valence-corrected chi connectivity index (χ1v) is 7.35. The highest BCUT2D eigenvalue weighted by Crippen LogP contribution is 2.24. The number of hydrogen-bond acceptors (Lipinski definition) is 4. The highest BCUT2D eigenvalue weighted by molar-refractivity contribution is 7.92. The van der Waals surface area contributed by atoms with Crippen molar-refractivity contribution in [1.29, 1.82) is 0 Å². The van der Waals surface area contributed by atoms with Crippen LogP contribution >= 0.6 is 0 Å². The third-order valence-electron chi connectivity index (χ3n) is 2.87. The second-order valence-electron chi connectivity index (χ2n) is 4.07. The Balaban J connectivity index is 2.55. The van der Waals surface area contributed by atoms with E-state index in [2.05, 4.69) is 10.1 Å². The molecule has 0 atom stereocenters. The van der Waals surface area contributed by atoms with Gasteiger partial charge in [-0.1, -0.05) is 0 Å². The van der Waals surface area contributed by atoms with Crippen LogP contribution in [-0.4, -0.2) is 29.7 Å². The molecule has 0 spiro atoms. The SMILES string of the molecule is CCN(c1cccnc1C)S(=O)(=O)c1ccnn1C. The summed E-state index contributed by atoms with van der Waals surface area (Å²) in [6, 6.07) is 4.97. The van der Waals surface area contributed by atoms with Crippen LogP contribution in [0.4, 0.5) is 5.69 Å². The smallest absolute Gasteiger partial charge is 0.264 e. The molecule has 0 aliphatic carbocycles. The van der Waals surface area contributed by atoms with Crippen molar-refractivity contribution < 1.29 is 8.42 Å². The third kappa shape index (κ3) is 2.33. The predicted octanol–water partition coefficient (Wildman–Crippen LogP) is 1.34. The van der Waals surface area contributed by atoms with Crippen LogP contribution in [0.1, 0.15) is 12.6 Å². The van der Waals surface area contributed by atoms with Crippen LogP contribution in [0, 0.1) is 6.92 Å². The van der Waals surface area contributed by atoms with E-state index in [0.29, 0.717) is 17.9 Å². The first-order valence-electron chi connectivity index (χ1n) is 5.91. The fourth-order valence-electron chi connectivity index (χ4n) is 1.94. The lowest BCUT2D eigenvalue weighted by molar-refractivity contribution is 0.572. The number of rotatable bonds is 4. The van der Waals surface area contributed by atoms with E-state index in [1.54, 1.807) is 39.2 Å². The minimum Gasteiger partial charge on any atom is -0.264 e. The molecule has 0 aliphatic rings. The van der Waals surface area contributed by atoms with Gasteiger partial charge in [0.15, 0.2) is 5.03 Å². The number of aromatic nitrogens is 3. The van der Waals surface area contributed by atoms with Crippen molar-refractivity contribution in [1.82, 2.24) is 14.8 Å². The summed E-state index contributed by atoms with van der Waals surface area (Å²) in [5.74, 6) is 0. The minimum atomic E-state index is -3.62. The Bertz CT molecular complexity index is 679. The fraction of sp³-hybridized carbons (Fsp3) is 0.333. The molecule has 0 unspecified atom stereocenters. The molecule has 2 aromatic rings. The van der Waals surface area contributed by atoms with Crippen molar-refractivity contribution >= 4 is 15.7 Å². The molecular formula is C12H16N4O2S. The van der Waals surface area contributed by atoms with Crippen LogP contribution in [0.5, 0.6) is 0 Å². The maximum absolute atomic E-state index is 12.6. The molecule has 2 rings (SSSR count). The molecule has 2 aromatic heterocycles. The van der Waals surface area contributed by atoms with Gasteiger partial charge in [-0.05, 0) is 32.0 Å². The standard InChI is InChI=1S/C12H16N4O2S/c1-4-16(11-6-5-8-13-10(11)2)19(17,18)12-7-9-14-15(12)3/h5-9H,4H2,1-3H3. The van der Waals surface area contributed by atoms with Crippen LogP contribution in [0.25, 0.3) is 0 Å². The van der Waals surface area contributed by atoms with Gasteiger partial charge in [0.1, 0.15) is 0 Å². The Morgan fingerprint density at radius 2 is 2.05 bits per heavy atom. The lowest BCUT2D eigenvalue weighted by atomic mass is 10.3. The van der Waals surface area contributed by atoms with E-state index in [9.17, 15) is 8.42 Å². The van der Waals surface area contributed by atoms with Crippen molar-refractivity contribution in [2.24, 2.45) is 7.05 Å². The van der Waals surface area contributed by atoms with Gasteiger partial charge in [0.2, 0.25) is 0 Å². The lowest BCUT2D eigenvalue weighted by Gasteiger charge is -2.23. The quantitative estimate of drug-likeness (QED) is 0.847. The maximum atomic E-state index is 12.6. The molecule has 0 fully saturated rings. The highest BCUT2D eigenvalue weighted by atomic mass is 32.2. The molecule has 2 heterocycles. The fourth-order valence-corrected chi connectivity index (χ4v) is 3.57. The number of pyridine rings is 1. The average molecular weight is 280 g/mol. The van der Waals surface area contributed by atoms with E-state index in [1.165, 1.54) is 21.3 Å². The van der Waals surface area contributed by atoms with Gasteiger partial charge in [-0.25, -0.2) is 0 Å². The topological polar surface area (TPSA) is 68.1 Å². The van der Waals surface area contributed by atoms with Crippen LogP contribution in [-0.2, 0) is 17.1 Å². The predicted molar refractivity (Wildman–Crippen MR) is 72.4 cm³/mol. The van der Waals surface area contributed by atoms with Crippen LogP contribution in [0.3, 0.4) is 0 Å². The van der Waals surface area contributed by atoms with Gasteiger partial charge in [0, 0.05) is 19.8 Å². The summed E-state index contributed by atoms with van der Waals surface area (Å²) < 4.78 is 28.0. The number of aryl methyl sites for hydroxylation is 2. The van der Waals surface area contributed by atoms with Crippen molar-refractivity contribution in [3.63, 3.8) is 0 Å². The van der Waals surface area contributed by atoms with Crippen LogP contribution in [0.2, 0.25) is 0 Å². The molecule has 19 heavy (non-hydrogen) atoms. The molecule has 0 bridgehead atoms.